The molecule has 3 rings (SSSR count). The van der Waals surface area contributed by atoms with E-state index in [1.807, 2.05) is 0 Å². The second kappa shape index (κ2) is 5.47. The van der Waals surface area contributed by atoms with Gasteiger partial charge in [-0.25, -0.2) is 0 Å². The highest BCUT2D eigenvalue weighted by Gasteiger charge is 2.42. The lowest BCUT2D eigenvalue weighted by atomic mass is 9.76. The molecular weight excluding hydrogens is 248 g/mol. The fourth-order valence-corrected chi connectivity index (χ4v) is 3.98. The molecule has 1 saturated heterocycles. The minimum atomic E-state index is 0.0982. The van der Waals surface area contributed by atoms with Crippen molar-refractivity contribution in [3.8, 4) is 0 Å². The Labute approximate surface area is 122 Å². The van der Waals surface area contributed by atoms with Crippen LogP contribution in [0, 0.1) is 0 Å². The quantitative estimate of drug-likeness (QED) is 0.916. The van der Waals surface area contributed by atoms with E-state index in [1.54, 1.807) is 0 Å². The summed E-state index contributed by atoms with van der Waals surface area (Å²) < 4.78 is 5.75. The molecule has 3 heteroatoms. The second-order valence-corrected chi connectivity index (χ2v) is 6.42. The van der Waals surface area contributed by atoms with Crippen LogP contribution in [0.4, 0.5) is 0 Å². The number of fused-ring (bicyclic) bond motifs is 1. The lowest BCUT2D eigenvalue weighted by molar-refractivity contribution is 0.0210. The Morgan fingerprint density at radius 2 is 2.10 bits per heavy atom. The van der Waals surface area contributed by atoms with Crippen molar-refractivity contribution < 1.29 is 4.74 Å². The van der Waals surface area contributed by atoms with Crippen molar-refractivity contribution in [2.45, 2.75) is 50.3 Å². The third kappa shape index (κ3) is 2.28. The van der Waals surface area contributed by atoms with Gasteiger partial charge >= 0.3 is 0 Å². The van der Waals surface area contributed by atoms with E-state index in [4.69, 9.17) is 10.5 Å². The standard InChI is InChI=1S/C17H26N2O/c1-13-16(8-10-20-13)19(2)17(12-18)9-7-14-5-3-4-6-15(14)11-17/h3-6,13,16H,7-12,18H2,1-2H3. The number of benzene rings is 1. The minimum Gasteiger partial charge on any atom is -0.377 e. The van der Waals surface area contributed by atoms with E-state index in [0.717, 1.165) is 38.8 Å². The number of aryl methyl sites for hydroxylation is 1. The van der Waals surface area contributed by atoms with E-state index in [1.165, 1.54) is 11.1 Å². The maximum Gasteiger partial charge on any atom is 0.0703 e. The molecule has 1 fully saturated rings. The summed E-state index contributed by atoms with van der Waals surface area (Å²) >= 11 is 0. The SMILES string of the molecule is CC1OCCC1N(C)C1(CN)CCc2ccccc2C1. The molecule has 1 aromatic carbocycles. The van der Waals surface area contributed by atoms with Crippen LogP contribution in [-0.4, -0.2) is 42.8 Å². The molecule has 1 heterocycles. The molecule has 3 unspecified atom stereocenters. The van der Waals surface area contributed by atoms with E-state index in [0.29, 0.717) is 12.1 Å². The van der Waals surface area contributed by atoms with Crippen molar-refractivity contribution >= 4 is 0 Å². The lowest BCUT2D eigenvalue weighted by Gasteiger charge is -2.48. The van der Waals surface area contributed by atoms with E-state index in [2.05, 4.69) is 43.1 Å². The first-order valence-corrected chi connectivity index (χ1v) is 7.78. The van der Waals surface area contributed by atoms with Gasteiger partial charge in [0.2, 0.25) is 0 Å². The van der Waals surface area contributed by atoms with Gasteiger partial charge in [-0.1, -0.05) is 24.3 Å². The van der Waals surface area contributed by atoms with E-state index in [9.17, 15) is 0 Å². The summed E-state index contributed by atoms with van der Waals surface area (Å²) in [5, 5.41) is 0. The van der Waals surface area contributed by atoms with Crippen LogP contribution in [0.5, 0.6) is 0 Å². The number of nitrogens with two attached hydrogens (primary N) is 1. The monoisotopic (exact) mass is 274 g/mol. The van der Waals surface area contributed by atoms with Gasteiger partial charge in [-0.3, -0.25) is 4.90 Å². The highest BCUT2D eigenvalue weighted by Crippen LogP contribution is 2.35. The Bertz CT molecular complexity index is 476. The summed E-state index contributed by atoms with van der Waals surface area (Å²) in [7, 11) is 2.25. The first-order valence-electron chi connectivity index (χ1n) is 7.78. The molecule has 2 aliphatic rings. The summed E-state index contributed by atoms with van der Waals surface area (Å²) in [6, 6.07) is 9.32. The Balaban J connectivity index is 1.85. The van der Waals surface area contributed by atoms with Crippen LogP contribution >= 0.6 is 0 Å². The van der Waals surface area contributed by atoms with Crippen molar-refractivity contribution in [1.82, 2.24) is 4.90 Å². The zero-order chi connectivity index (χ0) is 14.2. The normalized spacial score (nSPS) is 33.4. The van der Waals surface area contributed by atoms with E-state index < -0.39 is 0 Å². The van der Waals surface area contributed by atoms with Gasteiger partial charge in [0.05, 0.1) is 6.10 Å². The molecule has 2 N–H and O–H groups in total. The van der Waals surface area contributed by atoms with Gasteiger partial charge < -0.3 is 10.5 Å². The first-order chi connectivity index (χ1) is 9.66. The first kappa shape index (κ1) is 14.1. The van der Waals surface area contributed by atoms with Crippen molar-refractivity contribution in [2.24, 2.45) is 5.73 Å². The molecule has 20 heavy (non-hydrogen) atoms. The Morgan fingerprint density at radius 1 is 1.35 bits per heavy atom. The maximum atomic E-state index is 6.23. The minimum absolute atomic E-state index is 0.0982. The van der Waals surface area contributed by atoms with Gasteiger partial charge in [0.1, 0.15) is 0 Å². The lowest BCUT2D eigenvalue weighted by Crippen LogP contribution is -2.60. The molecule has 0 aromatic heterocycles. The maximum absolute atomic E-state index is 6.23. The van der Waals surface area contributed by atoms with Crippen LogP contribution in [0.3, 0.4) is 0 Å². The number of nitrogens with zero attached hydrogens (tertiary/aromatic N) is 1. The fourth-order valence-electron chi connectivity index (χ4n) is 3.98. The zero-order valence-electron chi connectivity index (χ0n) is 12.6. The van der Waals surface area contributed by atoms with Crippen LogP contribution in [0.25, 0.3) is 0 Å². The van der Waals surface area contributed by atoms with Crippen molar-refractivity contribution in [2.75, 3.05) is 20.2 Å². The average molecular weight is 274 g/mol. The highest BCUT2D eigenvalue weighted by molar-refractivity contribution is 5.32. The van der Waals surface area contributed by atoms with Gasteiger partial charge in [0.25, 0.3) is 0 Å². The summed E-state index contributed by atoms with van der Waals surface area (Å²) in [4.78, 5) is 2.53. The van der Waals surface area contributed by atoms with Gasteiger partial charge in [0.15, 0.2) is 0 Å². The molecular formula is C17H26N2O. The van der Waals surface area contributed by atoms with Crippen LogP contribution in [-0.2, 0) is 17.6 Å². The zero-order valence-corrected chi connectivity index (χ0v) is 12.6. The predicted octanol–water partition coefficient (Wildman–Crippen LogP) is 1.98. The summed E-state index contributed by atoms with van der Waals surface area (Å²) in [6.07, 6.45) is 4.81. The Kier molecular flexibility index (Phi) is 3.85. The number of hydrogen-bond donors (Lipinski definition) is 1. The molecule has 0 saturated carbocycles. The molecule has 3 atom stereocenters. The Morgan fingerprint density at radius 3 is 2.75 bits per heavy atom. The number of ether oxygens (including phenoxy) is 1. The number of hydrogen-bond acceptors (Lipinski definition) is 3. The van der Waals surface area contributed by atoms with Crippen molar-refractivity contribution in [3.63, 3.8) is 0 Å². The van der Waals surface area contributed by atoms with Crippen LogP contribution in [0.15, 0.2) is 24.3 Å². The summed E-state index contributed by atoms with van der Waals surface area (Å²) in [5.74, 6) is 0. The molecule has 0 bridgehead atoms. The van der Waals surface area contributed by atoms with Gasteiger partial charge in [-0.05, 0) is 50.8 Å². The molecule has 0 radical (unpaired) electrons. The smallest absolute Gasteiger partial charge is 0.0703 e. The van der Waals surface area contributed by atoms with Crippen LogP contribution in [0.1, 0.15) is 30.9 Å². The van der Waals surface area contributed by atoms with E-state index >= 15 is 0 Å². The Hall–Kier alpha value is -0.900. The van der Waals surface area contributed by atoms with Gasteiger partial charge in [0, 0.05) is 24.7 Å². The summed E-state index contributed by atoms with van der Waals surface area (Å²) in [5.41, 5.74) is 9.30. The fraction of sp³-hybridized carbons (Fsp3) is 0.647. The van der Waals surface area contributed by atoms with Crippen molar-refractivity contribution in [3.05, 3.63) is 35.4 Å². The molecule has 1 aromatic rings. The van der Waals surface area contributed by atoms with E-state index in [-0.39, 0.29) is 5.54 Å². The topological polar surface area (TPSA) is 38.5 Å². The second-order valence-electron chi connectivity index (χ2n) is 6.42. The molecule has 3 nitrogen and oxygen atoms in total. The molecule has 1 aliphatic carbocycles. The highest BCUT2D eigenvalue weighted by atomic mass is 16.5. The van der Waals surface area contributed by atoms with Gasteiger partial charge in [-0.15, -0.1) is 0 Å². The van der Waals surface area contributed by atoms with Crippen LogP contribution < -0.4 is 5.73 Å². The summed E-state index contributed by atoms with van der Waals surface area (Å²) in [6.45, 7) is 3.80. The molecule has 0 amide bonds. The molecule has 1 aliphatic heterocycles. The molecule has 0 spiro atoms. The predicted molar refractivity (Wildman–Crippen MR) is 81.8 cm³/mol. The van der Waals surface area contributed by atoms with Gasteiger partial charge in [-0.2, -0.15) is 0 Å². The third-order valence-corrected chi connectivity index (χ3v) is 5.46. The average Bonchev–Trinajstić information content (AvgIpc) is 2.92. The van der Waals surface area contributed by atoms with Crippen LogP contribution in [0.2, 0.25) is 0 Å². The largest absolute Gasteiger partial charge is 0.377 e. The number of likely N-dealkylation sites (N-methyl/N-ethyl adjacent to an activating group) is 1. The number of rotatable bonds is 3. The van der Waals surface area contributed by atoms with Crippen molar-refractivity contribution in [1.29, 1.82) is 0 Å². The third-order valence-electron chi connectivity index (χ3n) is 5.46. The molecule has 110 valence electrons.